The molecule has 2 N–H and O–H groups in total. The summed E-state index contributed by atoms with van der Waals surface area (Å²) < 4.78 is 6.01. The lowest BCUT2D eigenvalue weighted by molar-refractivity contribution is 0.669. The Labute approximate surface area is 151 Å². The Morgan fingerprint density at radius 3 is 2.12 bits per heavy atom. The number of hydrogen-bond donors (Lipinski definition) is 1. The van der Waals surface area contributed by atoms with Gasteiger partial charge in [0, 0.05) is 22.5 Å². The predicted molar refractivity (Wildman–Crippen MR) is 109 cm³/mol. The van der Waals surface area contributed by atoms with Gasteiger partial charge in [0.1, 0.15) is 11.2 Å². The molecule has 4 aromatic carbocycles. The number of benzene rings is 4. The molecule has 0 atom stereocenters. The molecule has 0 saturated carbocycles. The molecule has 0 fully saturated rings. The van der Waals surface area contributed by atoms with Gasteiger partial charge in [0.05, 0.1) is 0 Å². The lowest BCUT2D eigenvalue weighted by Gasteiger charge is -2.06. The highest BCUT2D eigenvalue weighted by atomic mass is 16.3. The molecule has 0 aliphatic rings. The van der Waals surface area contributed by atoms with E-state index < -0.39 is 0 Å². The Bertz CT molecular complexity index is 1220. The fraction of sp³-hybridized carbons (Fsp3) is 0. The Balaban J connectivity index is 1.68. The molecule has 2 heteroatoms. The van der Waals surface area contributed by atoms with Crippen LogP contribution in [0.2, 0.25) is 0 Å². The molecular formula is C24H17NO. The minimum absolute atomic E-state index is 0.713. The van der Waals surface area contributed by atoms with E-state index >= 15 is 0 Å². The zero-order valence-electron chi connectivity index (χ0n) is 14.1. The monoisotopic (exact) mass is 335 g/mol. The molecule has 0 saturated heterocycles. The van der Waals surface area contributed by atoms with Gasteiger partial charge in [0.15, 0.2) is 0 Å². The summed E-state index contributed by atoms with van der Waals surface area (Å²) in [6.07, 6.45) is 0. The maximum Gasteiger partial charge on any atom is 0.137 e. The zero-order valence-corrected chi connectivity index (χ0v) is 14.1. The molecule has 0 unspecified atom stereocenters. The molecule has 5 rings (SSSR count). The third-order valence-electron chi connectivity index (χ3n) is 4.82. The van der Waals surface area contributed by atoms with E-state index in [1.54, 1.807) is 0 Å². The van der Waals surface area contributed by atoms with E-state index in [2.05, 4.69) is 54.6 Å². The number of fused-ring (bicyclic) bond motifs is 3. The molecule has 0 aliphatic carbocycles. The van der Waals surface area contributed by atoms with Gasteiger partial charge in [-0.2, -0.15) is 0 Å². The first-order valence-corrected chi connectivity index (χ1v) is 8.66. The maximum absolute atomic E-state index is 6.01. The lowest BCUT2D eigenvalue weighted by Crippen LogP contribution is -1.83. The summed E-state index contributed by atoms with van der Waals surface area (Å²) in [7, 11) is 0. The van der Waals surface area contributed by atoms with Crippen LogP contribution in [-0.4, -0.2) is 0 Å². The fourth-order valence-electron chi connectivity index (χ4n) is 3.56. The third-order valence-corrected chi connectivity index (χ3v) is 4.82. The van der Waals surface area contributed by atoms with E-state index in [1.165, 1.54) is 22.3 Å². The van der Waals surface area contributed by atoms with Crippen molar-refractivity contribution in [2.45, 2.75) is 0 Å². The van der Waals surface area contributed by atoms with Gasteiger partial charge in [0.2, 0.25) is 0 Å². The summed E-state index contributed by atoms with van der Waals surface area (Å²) in [5.41, 5.74) is 13.1. The van der Waals surface area contributed by atoms with Crippen molar-refractivity contribution in [1.29, 1.82) is 0 Å². The van der Waals surface area contributed by atoms with Crippen LogP contribution in [0.3, 0.4) is 0 Å². The van der Waals surface area contributed by atoms with Gasteiger partial charge in [-0.3, -0.25) is 0 Å². The molecule has 0 spiro atoms. The summed E-state index contributed by atoms with van der Waals surface area (Å²) in [6, 6.07) is 31.1. The van der Waals surface area contributed by atoms with Crippen LogP contribution in [0.5, 0.6) is 0 Å². The molecule has 124 valence electrons. The maximum atomic E-state index is 6.01. The number of hydrogen-bond acceptors (Lipinski definition) is 2. The first-order chi connectivity index (χ1) is 12.8. The highest BCUT2D eigenvalue weighted by Gasteiger charge is 2.12. The highest BCUT2D eigenvalue weighted by Crippen LogP contribution is 2.37. The molecular weight excluding hydrogens is 318 g/mol. The second-order valence-corrected chi connectivity index (χ2v) is 6.48. The minimum Gasteiger partial charge on any atom is -0.456 e. The second-order valence-electron chi connectivity index (χ2n) is 6.48. The van der Waals surface area contributed by atoms with E-state index in [1.807, 2.05) is 36.4 Å². The van der Waals surface area contributed by atoms with Crippen LogP contribution >= 0.6 is 0 Å². The van der Waals surface area contributed by atoms with Crippen LogP contribution in [0.15, 0.2) is 95.4 Å². The topological polar surface area (TPSA) is 39.2 Å². The largest absolute Gasteiger partial charge is 0.456 e. The first-order valence-electron chi connectivity index (χ1n) is 8.66. The van der Waals surface area contributed by atoms with Crippen LogP contribution in [0.1, 0.15) is 0 Å². The molecule has 0 radical (unpaired) electrons. The van der Waals surface area contributed by atoms with Crippen LogP contribution in [0, 0.1) is 0 Å². The molecule has 1 heterocycles. The predicted octanol–water partition coefficient (Wildman–Crippen LogP) is 6.50. The van der Waals surface area contributed by atoms with E-state index in [4.69, 9.17) is 10.2 Å². The third kappa shape index (κ3) is 2.35. The van der Waals surface area contributed by atoms with Gasteiger partial charge in [-0.05, 0) is 40.5 Å². The zero-order chi connectivity index (χ0) is 17.5. The van der Waals surface area contributed by atoms with Gasteiger partial charge in [-0.15, -0.1) is 0 Å². The van der Waals surface area contributed by atoms with Crippen molar-refractivity contribution in [1.82, 2.24) is 0 Å². The summed E-state index contributed by atoms with van der Waals surface area (Å²) in [5, 5.41) is 2.23. The summed E-state index contributed by atoms with van der Waals surface area (Å²) in [5.74, 6) is 0. The molecule has 1 aromatic heterocycles. The molecule has 2 nitrogen and oxygen atoms in total. The van der Waals surface area contributed by atoms with Crippen molar-refractivity contribution in [3.05, 3.63) is 91.0 Å². The molecule has 0 aliphatic heterocycles. The van der Waals surface area contributed by atoms with Crippen molar-refractivity contribution >= 4 is 27.6 Å². The van der Waals surface area contributed by atoms with Crippen molar-refractivity contribution < 1.29 is 4.42 Å². The Morgan fingerprint density at radius 1 is 0.577 bits per heavy atom. The van der Waals surface area contributed by atoms with Gasteiger partial charge in [0.25, 0.3) is 0 Å². The average Bonchev–Trinajstić information content (AvgIpc) is 3.06. The van der Waals surface area contributed by atoms with Crippen LogP contribution in [0.25, 0.3) is 44.2 Å². The van der Waals surface area contributed by atoms with Gasteiger partial charge in [-0.1, -0.05) is 66.7 Å². The fourth-order valence-corrected chi connectivity index (χ4v) is 3.56. The SMILES string of the molecule is Nc1ccc2c(c1)oc1cccc(-c3ccc(-c4ccccc4)cc3)c12. The number of nitrogen functional groups attached to an aromatic ring is 1. The molecule has 0 bridgehead atoms. The quantitative estimate of drug-likeness (QED) is 0.374. The van der Waals surface area contributed by atoms with E-state index in [9.17, 15) is 0 Å². The van der Waals surface area contributed by atoms with E-state index in [-0.39, 0.29) is 0 Å². The average molecular weight is 335 g/mol. The number of nitrogens with two attached hydrogens (primary N) is 1. The van der Waals surface area contributed by atoms with E-state index in [0.717, 1.165) is 21.9 Å². The van der Waals surface area contributed by atoms with Crippen molar-refractivity contribution in [2.75, 3.05) is 5.73 Å². The molecule has 0 amide bonds. The summed E-state index contributed by atoms with van der Waals surface area (Å²) >= 11 is 0. The number of furan rings is 1. The van der Waals surface area contributed by atoms with Crippen LogP contribution in [-0.2, 0) is 0 Å². The van der Waals surface area contributed by atoms with Gasteiger partial charge < -0.3 is 10.2 Å². The molecule has 5 aromatic rings. The smallest absolute Gasteiger partial charge is 0.137 e. The number of anilines is 1. The Hall–Kier alpha value is -3.52. The second kappa shape index (κ2) is 5.78. The standard InChI is InChI=1S/C24H17NO/c25-19-13-14-21-23(15-19)26-22-8-4-7-20(24(21)22)18-11-9-17(10-12-18)16-5-2-1-3-6-16/h1-15H,25H2. The van der Waals surface area contributed by atoms with Crippen molar-refractivity contribution in [3.63, 3.8) is 0 Å². The highest BCUT2D eigenvalue weighted by molar-refractivity contribution is 6.12. The lowest BCUT2D eigenvalue weighted by atomic mass is 9.97. The minimum atomic E-state index is 0.713. The number of rotatable bonds is 2. The van der Waals surface area contributed by atoms with Crippen molar-refractivity contribution in [2.24, 2.45) is 0 Å². The van der Waals surface area contributed by atoms with Crippen LogP contribution in [0.4, 0.5) is 5.69 Å². The van der Waals surface area contributed by atoms with Gasteiger partial charge >= 0.3 is 0 Å². The molecule has 26 heavy (non-hydrogen) atoms. The summed E-state index contributed by atoms with van der Waals surface area (Å²) in [4.78, 5) is 0. The van der Waals surface area contributed by atoms with Crippen molar-refractivity contribution in [3.8, 4) is 22.3 Å². The summed E-state index contributed by atoms with van der Waals surface area (Å²) in [6.45, 7) is 0. The Kier molecular flexibility index (Phi) is 3.29. The van der Waals surface area contributed by atoms with Crippen LogP contribution < -0.4 is 5.73 Å². The first kappa shape index (κ1) is 14.8. The Morgan fingerprint density at radius 2 is 1.31 bits per heavy atom. The van der Waals surface area contributed by atoms with Gasteiger partial charge in [-0.25, -0.2) is 0 Å². The van der Waals surface area contributed by atoms with E-state index in [0.29, 0.717) is 5.69 Å². The normalized spacial score (nSPS) is 11.2.